The normalized spacial score (nSPS) is 17.9. The number of rotatable bonds is 6. The molecule has 1 spiro atoms. The van der Waals surface area contributed by atoms with E-state index in [1.807, 2.05) is 32.0 Å². The minimum absolute atomic E-state index is 0.123. The number of benzene rings is 1. The predicted molar refractivity (Wildman–Crippen MR) is 101 cm³/mol. The number of hydrogen-bond donors (Lipinski definition) is 1. The number of urea groups is 1. The molecule has 0 aromatic heterocycles. The smallest absolute Gasteiger partial charge is 0.326 e. The van der Waals surface area contributed by atoms with Gasteiger partial charge in [0.05, 0.1) is 0 Å². The Hall–Kier alpha value is -2.90. The van der Waals surface area contributed by atoms with E-state index in [9.17, 15) is 19.2 Å². The van der Waals surface area contributed by atoms with Crippen molar-refractivity contribution in [3.05, 3.63) is 30.3 Å². The van der Waals surface area contributed by atoms with Crippen molar-refractivity contribution in [2.24, 2.45) is 0 Å². The number of ether oxygens (including phenoxy) is 1. The van der Waals surface area contributed by atoms with E-state index in [0.29, 0.717) is 18.5 Å². The summed E-state index contributed by atoms with van der Waals surface area (Å²) in [6.07, 6.45) is 2.90. The lowest BCUT2D eigenvalue weighted by atomic mass is 9.98. The topological polar surface area (TPSA) is 96.0 Å². The summed E-state index contributed by atoms with van der Waals surface area (Å²) in [6, 6.07) is 8.38. The number of nitrogens with one attached hydrogen (secondary N) is 1. The number of anilines is 1. The fraction of sp³-hybridized carbons (Fsp3) is 0.500. The second-order valence-electron chi connectivity index (χ2n) is 7.46. The first-order chi connectivity index (χ1) is 13.3. The predicted octanol–water partition coefficient (Wildman–Crippen LogP) is 1.84. The van der Waals surface area contributed by atoms with Gasteiger partial charge in [0.15, 0.2) is 6.61 Å². The van der Waals surface area contributed by atoms with Crippen molar-refractivity contribution in [2.45, 2.75) is 51.1 Å². The molecule has 8 heteroatoms. The standard InChI is InChI=1S/C20H25N3O5/c1-14(2)23(15-8-4-3-5-9-15)16(24)13-28-17(25)12-22-18(26)20(21-19(22)27)10-6-7-11-20/h3-5,8-9,14H,6-7,10-13H2,1-2H3,(H,21,27). The molecule has 0 radical (unpaired) electrons. The summed E-state index contributed by atoms with van der Waals surface area (Å²) in [6.45, 7) is 2.77. The molecule has 0 unspecified atom stereocenters. The van der Waals surface area contributed by atoms with Gasteiger partial charge in [-0.1, -0.05) is 31.0 Å². The molecule has 150 valence electrons. The first kappa shape index (κ1) is 19.9. The fourth-order valence-corrected chi connectivity index (χ4v) is 3.84. The first-order valence-corrected chi connectivity index (χ1v) is 9.51. The maximum Gasteiger partial charge on any atom is 0.326 e. The number of amides is 4. The minimum atomic E-state index is -0.866. The van der Waals surface area contributed by atoms with Crippen LogP contribution in [-0.4, -0.2) is 53.4 Å². The lowest BCUT2D eigenvalue weighted by Crippen LogP contribution is -2.44. The van der Waals surface area contributed by atoms with Crippen LogP contribution in [0.2, 0.25) is 0 Å². The second-order valence-corrected chi connectivity index (χ2v) is 7.46. The Bertz CT molecular complexity index is 771. The molecule has 1 aliphatic carbocycles. The Morgan fingerprint density at radius 1 is 1.18 bits per heavy atom. The highest BCUT2D eigenvalue weighted by Gasteiger charge is 2.52. The third-order valence-corrected chi connectivity index (χ3v) is 5.17. The summed E-state index contributed by atoms with van der Waals surface area (Å²) >= 11 is 0. The van der Waals surface area contributed by atoms with Crippen molar-refractivity contribution >= 4 is 29.5 Å². The number of para-hydroxylation sites is 1. The molecular formula is C20H25N3O5. The molecule has 1 aliphatic heterocycles. The third-order valence-electron chi connectivity index (χ3n) is 5.17. The SMILES string of the molecule is CC(C)N(C(=O)COC(=O)CN1C(=O)NC2(CCCC2)C1=O)c1ccccc1. The van der Waals surface area contributed by atoms with Crippen molar-refractivity contribution in [1.29, 1.82) is 0 Å². The molecule has 8 nitrogen and oxygen atoms in total. The first-order valence-electron chi connectivity index (χ1n) is 9.51. The van der Waals surface area contributed by atoms with Gasteiger partial charge < -0.3 is 15.0 Å². The zero-order valence-corrected chi connectivity index (χ0v) is 16.1. The van der Waals surface area contributed by atoms with Gasteiger partial charge in [0, 0.05) is 11.7 Å². The van der Waals surface area contributed by atoms with E-state index in [1.165, 1.54) is 4.90 Å². The van der Waals surface area contributed by atoms with Gasteiger partial charge in [-0.15, -0.1) is 0 Å². The number of carbonyl (C=O) groups excluding carboxylic acids is 4. The van der Waals surface area contributed by atoms with Gasteiger partial charge in [-0.25, -0.2) is 4.79 Å². The van der Waals surface area contributed by atoms with Gasteiger partial charge in [-0.2, -0.15) is 0 Å². The molecule has 1 saturated heterocycles. The summed E-state index contributed by atoms with van der Waals surface area (Å²) in [7, 11) is 0. The highest BCUT2D eigenvalue weighted by molar-refractivity contribution is 6.09. The average molecular weight is 387 g/mol. The summed E-state index contributed by atoms with van der Waals surface area (Å²) in [5.74, 6) is -1.55. The van der Waals surface area contributed by atoms with E-state index in [4.69, 9.17) is 4.74 Å². The largest absolute Gasteiger partial charge is 0.454 e. The van der Waals surface area contributed by atoms with Crippen molar-refractivity contribution in [2.75, 3.05) is 18.1 Å². The van der Waals surface area contributed by atoms with E-state index in [1.54, 1.807) is 12.1 Å². The Morgan fingerprint density at radius 3 is 2.43 bits per heavy atom. The second kappa shape index (κ2) is 8.00. The quantitative estimate of drug-likeness (QED) is 0.593. The van der Waals surface area contributed by atoms with Gasteiger partial charge in [0.1, 0.15) is 12.1 Å². The molecule has 2 aliphatic rings. The number of esters is 1. The van der Waals surface area contributed by atoms with Crippen LogP contribution in [0.3, 0.4) is 0 Å². The molecule has 28 heavy (non-hydrogen) atoms. The van der Waals surface area contributed by atoms with Gasteiger partial charge in [0.25, 0.3) is 11.8 Å². The van der Waals surface area contributed by atoms with Crippen molar-refractivity contribution in [3.63, 3.8) is 0 Å². The van der Waals surface area contributed by atoms with Crippen LogP contribution in [0.5, 0.6) is 0 Å². The zero-order chi connectivity index (χ0) is 20.3. The number of carbonyl (C=O) groups is 4. The van der Waals surface area contributed by atoms with Crippen LogP contribution in [0.1, 0.15) is 39.5 Å². The van der Waals surface area contributed by atoms with Gasteiger partial charge in [-0.3, -0.25) is 19.3 Å². The Kier molecular flexibility index (Phi) is 5.67. The van der Waals surface area contributed by atoms with Crippen LogP contribution in [-0.2, 0) is 19.1 Å². The summed E-state index contributed by atoms with van der Waals surface area (Å²) in [5.41, 5.74) is -0.162. The third kappa shape index (κ3) is 3.85. The lowest BCUT2D eigenvalue weighted by molar-refractivity contribution is -0.150. The molecule has 1 aromatic rings. The number of hydrogen-bond acceptors (Lipinski definition) is 5. The lowest BCUT2D eigenvalue weighted by Gasteiger charge is -2.26. The molecule has 4 amide bonds. The van der Waals surface area contributed by atoms with E-state index in [-0.39, 0.29) is 17.9 Å². The maximum absolute atomic E-state index is 12.6. The van der Waals surface area contributed by atoms with Crippen LogP contribution in [0, 0.1) is 0 Å². The van der Waals surface area contributed by atoms with Gasteiger partial charge >= 0.3 is 12.0 Å². The van der Waals surface area contributed by atoms with E-state index in [0.717, 1.165) is 17.7 Å². The van der Waals surface area contributed by atoms with Crippen molar-refractivity contribution < 1.29 is 23.9 Å². The molecular weight excluding hydrogens is 362 g/mol. The minimum Gasteiger partial charge on any atom is -0.454 e. The monoisotopic (exact) mass is 387 g/mol. The summed E-state index contributed by atoms with van der Waals surface area (Å²) in [5, 5.41) is 2.71. The van der Waals surface area contributed by atoms with Crippen molar-refractivity contribution in [1.82, 2.24) is 10.2 Å². The van der Waals surface area contributed by atoms with Gasteiger partial charge in [0.2, 0.25) is 0 Å². The molecule has 3 rings (SSSR count). The highest BCUT2D eigenvalue weighted by atomic mass is 16.5. The van der Waals surface area contributed by atoms with Crippen LogP contribution in [0.4, 0.5) is 10.5 Å². The summed E-state index contributed by atoms with van der Waals surface area (Å²) < 4.78 is 5.06. The van der Waals surface area contributed by atoms with Crippen LogP contribution in [0.15, 0.2) is 30.3 Å². The Labute approximate surface area is 163 Å². The molecule has 1 saturated carbocycles. The van der Waals surface area contributed by atoms with E-state index in [2.05, 4.69) is 5.32 Å². The van der Waals surface area contributed by atoms with Crippen molar-refractivity contribution in [3.8, 4) is 0 Å². The molecule has 1 heterocycles. The number of nitrogens with zero attached hydrogens (tertiary/aromatic N) is 2. The molecule has 0 bridgehead atoms. The number of imide groups is 1. The molecule has 0 atom stereocenters. The van der Waals surface area contributed by atoms with E-state index < -0.39 is 30.7 Å². The Balaban J connectivity index is 1.57. The fourth-order valence-electron chi connectivity index (χ4n) is 3.84. The maximum atomic E-state index is 12.6. The molecule has 1 aromatic carbocycles. The zero-order valence-electron chi connectivity index (χ0n) is 16.1. The average Bonchev–Trinajstić information content (AvgIpc) is 3.22. The summed E-state index contributed by atoms with van der Waals surface area (Å²) in [4.78, 5) is 51.8. The highest BCUT2D eigenvalue weighted by Crippen LogP contribution is 2.34. The van der Waals surface area contributed by atoms with Crippen LogP contribution < -0.4 is 10.2 Å². The van der Waals surface area contributed by atoms with E-state index >= 15 is 0 Å². The molecule has 2 fully saturated rings. The van der Waals surface area contributed by atoms with Crippen LogP contribution >= 0.6 is 0 Å². The Morgan fingerprint density at radius 2 is 1.82 bits per heavy atom. The van der Waals surface area contributed by atoms with Gasteiger partial charge in [-0.05, 0) is 38.8 Å². The molecule has 1 N–H and O–H groups in total. The van der Waals surface area contributed by atoms with Crippen LogP contribution in [0.25, 0.3) is 0 Å².